The van der Waals surface area contributed by atoms with Gasteiger partial charge in [0.1, 0.15) is 6.61 Å². The molecule has 0 bridgehead atoms. The first-order valence-electron chi connectivity index (χ1n) is 4.45. The molecule has 84 valence electrons. The molecule has 0 amide bonds. The molecule has 15 heavy (non-hydrogen) atoms. The molecule has 0 saturated heterocycles. The zero-order chi connectivity index (χ0) is 11.3. The lowest BCUT2D eigenvalue weighted by molar-refractivity contribution is -0.120. The maximum Gasteiger partial charge on any atom is 0.265 e. The van der Waals surface area contributed by atoms with Crippen molar-refractivity contribution in [1.82, 2.24) is 14.1 Å². The summed E-state index contributed by atoms with van der Waals surface area (Å²) in [7, 11) is 0. The fourth-order valence-electron chi connectivity index (χ4n) is 0.774. The molecule has 7 heteroatoms. The Morgan fingerprint density at radius 1 is 1.60 bits per heavy atom. The fraction of sp³-hybridized carbons (Fsp3) is 0.625. The number of ether oxygens (including phenoxy) is 1. The van der Waals surface area contributed by atoms with Crippen LogP contribution in [0, 0.1) is 0 Å². The predicted molar refractivity (Wildman–Crippen MR) is 58.6 cm³/mol. The first-order valence-corrected chi connectivity index (χ1v) is 5.56. The molecule has 0 radical (unpaired) electrons. The monoisotopic (exact) mass is 249 g/mol. The summed E-state index contributed by atoms with van der Waals surface area (Å²) < 4.78 is 12.6. The summed E-state index contributed by atoms with van der Waals surface area (Å²) in [6.45, 7) is 4.18. The van der Waals surface area contributed by atoms with Gasteiger partial charge in [0.2, 0.25) is 5.15 Å². The van der Waals surface area contributed by atoms with Crippen LogP contribution in [0.3, 0.4) is 0 Å². The third-order valence-electron chi connectivity index (χ3n) is 1.50. The van der Waals surface area contributed by atoms with E-state index in [1.165, 1.54) is 0 Å². The van der Waals surface area contributed by atoms with E-state index in [1.54, 1.807) is 0 Å². The maximum absolute atomic E-state index is 11.3. The van der Waals surface area contributed by atoms with E-state index in [1.807, 2.05) is 13.8 Å². The smallest absolute Gasteiger partial charge is 0.265 e. The van der Waals surface area contributed by atoms with Gasteiger partial charge < -0.3 is 10.1 Å². The van der Waals surface area contributed by atoms with Crippen molar-refractivity contribution in [3.05, 3.63) is 5.15 Å². The highest BCUT2D eigenvalue weighted by atomic mass is 35.5. The molecule has 0 fully saturated rings. The van der Waals surface area contributed by atoms with Crippen molar-refractivity contribution < 1.29 is 9.53 Å². The van der Waals surface area contributed by atoms with Crippen molar-refractivity contribution in [1.29, 1.82) is 0 Å². The standard InChI is InChI=1S/C8H12ClN3O2S/c1-5(2)10-3-6(13)4-14-8-7(9)11-15-12-8/h5,10H,3-4H2,1-2H3. The van der Waals surface area contributed by atoms with Crippen molar-refractivity contribution in [2.24, 2.45) is 0 Å². The maximum atomic E-state index is 11.3. The molecule has 0 aliphatic heterocycles. The molecule has 0 spiro atoms. The lowest BCUT2D eigenvalue weighted by atomic mass is 10.3. The molecule has 0 atom stereocenters. The van der Waals surface area contributed by atoms with Gasteiger partial charge in [0, 0.05) is 6.04 Å². The molecular weight excluding hydrogens is 238 g/mol. The van der Waals surface area contributed by atoms with Crippen LogP contribution in [-0.2, 0) is 4.79 Å². The summed E-state index contributed by atoms with van der Waals surface area (Å²) in [5.41, 5.74) is 0. The predicted octanol–water partition coefficient (Wildman–Crippen LogP) is 1.14. The second-order valence-electron chi connectivity index (χ2n) is 3.22. The number of hydrogen-bond acceptors (Lipinski definition) is 6. The number of rotatable bonds is 6. The lowest BCUT2D eigenvalue weighted by Gasteiger charge is -2.06. The molecule has 0 aliphatic rings. The zero-order valence-electron chi connectivity index (χ0n) is 8.49. The van der Waals surface area contributed by atoms with Crippen LogP contribution >= 0.6 is 23.3 Å². The number of halogens is 1. The van der Waals surface area contributed by atoms with E-state index in [2.05, 4.69) is 14.1 Å². The van der Waals surface area contributed by atoms with E-state index in [0.717, 1.165) is 11.7 Å². The van der Waals surface area contributed by atoms with Gasteiger partial charge >= 0.3 is 0 Å². The summed E-state index contributed by atoms with van der Waals surface area (Å²) in [4.78, 5) is 11.3. The Kier molecular flexibility index (Phi) is 4.93. The Bertz CT molecular complexity index is 329. The summed E-state index contributed by atoms with van der Waals surface area (Å²) in [6, 6.07) is 0.276. The first-order chi connectivity index (χ1) is 7.09. The molecular formula is C8H12ClN3O2S. The molecule has 0 unspecified atom stereocenters. The van der Waals surface area contributed by atoms with Crippen LogP contribution in [0.2, 0.25) is 5.15 Å². The number of Topliss-reactive ketones (excluding diaryl/α,β-unsaturated/α-hetero) is 1. The molecule has 0 saturated carbocycles. The van der Waals surface area contributed by atoms with E-state index in [9.17, 15) is 4.79 Å². The van der Waals surface area contributed by atoms with Crippen molar-refractivity contribution in [2.75, 3.05) is 13.2 Å². The van der Waals surface area contributed by atoms with E-state index in [4.69, 9.17) is 16.3 Å². The first kappa shape index (κ1) is 12.4. The SMILES string of the molecule is CC(C)NCC(=O)COc1nsnc1Cl. The van der Waals surface area contributed by atoms with Gasteiger partial charge in [-0.3, -0.25) is 4.79 Å². The average Bonchev–Trinajstić information content (AvgIpc) is 2.58. The van der Waals surface area contributed by atoms with Gasteiger partial charge in [-0.2, -0.15) is 4.37 Å². The Hall–Kier alpha value is -0.720. The second-order valence-corrected chi connectivity index (χ2v) is 4.11. The Morgan fingerprint density at radius 2 is 2.33 bits per heavy atom. The molecule has 1 rings (SSSR count). The summed E-state index contributed by atoms with van der Waals surface area (Å²) in [6.07, 6.45) is 0. The Balaban J connectivity index is 2.26. The number of carbonyl (C=O) groups excluding carboxylic acids is 1. The number of ketones is 1. The van der Waals surface area contributed by atoms with E-state index < -0.39 is 0 Å². The topological polar surface area (TPSA) is 64.1 Å². The summed E-state index contributed by atoms with van der Waals surface area (Å²) >= 11 is 6.59. The highest BCUT2D eigenvalue weighted by Gasteiger charge is 2.09. The lowest BCUT2D eigenvalue weighted by Crippen LogP contribution is -2.31. The van der Waals surface area contributed by atoms with Crippen LogP contribution in [0.25, 0.3) is 0 Å². The Labute approximate surface area is 97.1 Å². The van der Waals surface area contributed by atoms with Gasteiger partial charge in [-0.05, 0) is 0 Å². The van der Waals surface area contributed by atoms with Crippen LogP contribution < -0.4 is 10.1 Å². The molecule has 1 heterocycles. The zero-order valence-corrected chi connectivity index (χ0v) is 10.1. The number of hydrogen-bond donors (Lipinski definition) is 1. The fourth-order valence-corrected chi connectivity index (χ4v) is 1.42. The van der Waals surface area contributed by atoms with Gasteiger partial charge in [0.15, 0.2) is 5.78 Å². The van der Waals surface area contributed by atoms with Gasteiger partial charge in [-0.1, -0.05) is 25.4 Å². The van der Waals surface area contributed by atoms with Crippen LogP contribution in [0.5, 0.6) is 5.88 Å². The number of nitrogens with zero attached hydrogens (tertiary/aromatic N) is 2. The third-order valence-corrected chi connectivity index (χ3v) is 2.36. The number of carbonyl (C=O) groups is 1. The molecule has 1 aromatic rings. The van der Waals surface area contributed by atoms with Crippen molar-refractivity contribution >= 4 is 29.1 Å². The van der Waals surface area contributed by atoms with Crippen molar-refractivity contribution in [2.45, 2.75) is 19.9 Å². The molecule has 0 aromatic carbocycles. The van der Waals surface area contributed by atoms with Crippen molar-refractivity contribution in [3.63, 3.8) is 0 Å². The van der Waals surface area contributed by atoms with E-state index in [0.29, 0.717) is 0 Å². The van der Waals surface area contributed by atoms with Crippen LogP contribution in [0.15, 0.2) is 0 Å². The molecule has 0 aliphatic carbocycles. The van der Waals surface area contributed by atoms with E-state index >= 15 is 0 Å². The number of aromatic nitrogens is 2. The Morgan fingerprint density at radius 3 is 2.87 bits per heavy atom. The largest absolute Gasteiger partial charge is 0.467 e. The minimum atomic E-state index is -0.0484. The van der Waals surface area contributed by atoms with Crippen LogP contribution in [0.1, 0.15) is 13.8 Å². The van der Waals surface area contributed by atoms with Crippen molar-refractivity contribution in [3.8, 4) is 5.88 Å². The average molecular weight is 250 g/mol. The molecule has 1 N–H and O–H groups in total. The third kappa shape index (κ3) is 4.55. The van der Waals surface area contributed by atoms with Gasteiger partial charge in [-0.25, -0.2) is 0 Å². The van der Waals surface area contributed by atoms with Crippen LogP contribution in [-0.4, -0.2) is 33.7 Å². The highest BCUT2D eigenvalue weighted by molar-refractivity contribution is 6.99. The summed E-state index contributed by atoms with van der Waals surface area (Å²) in [5.74, 6) is 0.173. The van der Waals surface area contributed by atoms with E-state index in [-0.39, 0.29) is 36.0 Å². The second kappa shape index (κ2) is 5.99. The highest BCUT2D eigenvalue weighted by Crippen LogP contribution is 2.19. The molecule has 5 nitrogen and oxygen atoms in total. The minimum absolute atomic E-state index is 0.0369. The van der Waals surface area contributed by atoms with Gasteiger partial charge in [0.25, 0.3) is 5.88 Å². The van der Waals surface area contributed by atoms with Gasteiger partial charge in [-0.15, -0.1) is 4.37 Å². The minimum Gasteiger partial charge on any atom is -0.467 e. The van der Waals surface area contributed by atoms with Gasteiger partial charge in [0.05, 0.1) is 18.3 Å². The quantitative estimate of drug-likeness (QED) is 0.819. The number of nitrogens with one attached hydrogen (secondary N) is 1. The van der Waals surface area contributed by atoms with Crippen LogP contribution in [0.4, 0.5) is 0 Å². The summed E-state index contributed by atoms with van der Waals surface area (Å²) in [5, 5.41) is 3.19. The molecule has 1 aromatic heterocycles. The normalized spacial score (nSPS) is 10.7.